The van der Waals surface area contributed by atoms with E-state index in [0.29, 0.717) is 19.2 Å². The third kappa shape index (κ3) is 2.19. The number of ether oxygens (including phenoxy) is 1. The summed E-state index contributed by atoms with van der Waals surface area (Å²) in [6, 6.07) is 0.418. The molecule has 0 radical (unpaired) electrons. The fourth-order valence-corrected chi connectivity index (χ4v) is 1.38. The van der Waals surface area contributed by atoms with Gasteiger partial charge in [-0.3, -0.25) is 0 Å². The Morgan fingerprint density at radius 2 is 2.33 bits per heavy atom. The fourth-order valence-electron chi connectivity index (χ4n) is 1.38. The monoisotopic (exact) mass is 173 g/mol. The molecule has 0 bridgehead atoms. The Bertz CT molecular complexity index is 149. The van der Waals surface area contributed by atoms with Gasteiger partial charge in [-0.15, -0.1) is 0 Å². The van der Waals surface area contributed by atoms with Crippen molar-refractivity contribution in [1.29, 1.82) is 0 Å². The van der Waals surface area contributed by atoms with Crippen LogP contribution in [0.15, 0.2) is 0 Å². The standard InChI is InChI=1S/C9H19NO2/c1-7(2)10-6-9(11)4-5-12-8(9)3/h7-8,10-11H,4-6H2,1-3H3. The SMILES string of the molecule is CC(C)NCC1(O)CCOC1C. The van der Waals surface area contributed by atoms with Gasteiger partial charge in [0.1, 0.15) is 5.60 Å². The second-order valence-corrected chi connectivity index (χ2v) is 3.90. The summed E-state index contributed by atoms with van der Waals surface area (Å²) in [6.45, 7) is 7.38. The van der Waals surface area contributed by atoms with Gasteiger partial charge in [-0.2, -0.15) is 0 Å². The van der Waals surface area contributed by atoms with Crippen LogP contribution in [0.4, 0.5) is 0 Å². The lowest BCUT2D eigenvalue weighted by Crippen LogP contribution is -2.47. The van der Waals surface area contributed by atoms with Gasteiger partial charge in [0.05, 0.1) is 6.10 Å². The Morgan fingerprint density at radius 1 is 1.67 bits per heavy atom. The Hall–Kier alpha value is -0.120. The third-order valence-electron chi connectivity index (χ3n) is 2.48. The fraction of sp³-hybridized carbons (Fsp3) is 1.00. The molecule has 2 atom stereocenters. The topological polar surface area (TPSA) is 41.5 Å². The van der Waals surface area contributed by atoms with Crippen molar-refractivity contribution in [2.75, 3.05) is 13.2 Å². The smallest absolute Gasteiger partial charge is 0.105 e. The van der Waals surface area contributed by atoms with Crippen LogP contribution in [0.5, 0.6) is 0 Å². The van der Waals surface area contributed by atoms with Gasteiger partial charge in [0, 0.05) is 25.6 Å². The maximum Gasteiger partial charge on any atom is 0.105 e. The van der Waals surface area contributed by atoms with Gasteiger partial charge in [-0.25, -0.2) is 0 Å². The van der Waals surface area contributed by atoms with Crippen LogP contribution in [0.1, 0.15) is 27.2 Å². The van der Waals surface area contributed by atoms with Crippen molar-refractivity contribution in [3.05, 3.63) is 0 Å². The van der Waals surface area contributed by atoms with E-state index in [-0.39, 0.29) is 6.10 Å². The Balaban J connectivity index is 2.37. The second kappa shape index (κ2) is 3.73. The summed E-state index contributed by atoms with van der Waals surface area (Å²) in [7, 11) is 0. The molecule has 0 aromatic rings. The molecule has 0 aromatic carbocycles. The maximum absolute atomic E-state index is 10.0. The predicted octanol–water partition coefficient (Wildman–Crippen LogP) is 0.524. The van der Waals surface area contributed by atoms with E-state index in [2.05, 4.69) is 19.2 Å². The molecule has 1 heterocycles. The molecule has 12 heavy (non-hydrogen) atoms. The van der Waals surface area contributed by atoms with Gasteiger partial charge in [-0.05, 0) is 6.92 Å². The highest BCUT2D eigenvalue weighted by Gasteiger charge is 2.39. The average Bonchev–Trinajstić information content (AvgIpc) is 2.30. The molecule has 1 aliphatic heterocycles. The van der Waals surface area contributed by atoms with E-state index < -0.39 is 5.60 Å². The van der Waals surface area contributed by atoms with E-state index in [0.717, 1.165) is 6.42 Å². The zero-order valence-electron chi connectivity index (χ0n) is 8.13. The molecule has 1 aliphatic rings. The second-order valence-electron chi connectivity index (χ2n) is 3.90. The number of hydrogen-bond acceptors (Lipinski definition) is 3. The van der Waals surface area contributed by atoms with E-state index in [1.165, 1.54) is 0 Å². The molecule has 1 rings (SSSR count). The number of rotatable bonds is 3. The molecule has 2 unspecified atom stereocenters. The molecule has 3 heteroatoms. The van der Waals surface area contributed by atoms with Crippen LogP contribution in [0.25, 0.3) is 0 Å². The minimum Gasteiger partial charge on any atom is -0.386 e. The Kier molecular flexibility index (Phi) is 3.09. The molecule has 0 amide bonds. The minimum absolute atomic E-state index is 0.0382. The molecule has 72 valence electrons. The van der Waals surface area contributed by atoms with Crippen molar-refractivity contribution >= 4 is 0 Å². The molecule has 1 saturated heterocycles. The zero-order valence-corrected chi connectivity index (χ0v) is 8.13. The lowest BCUT2D eigenvalue weighted by atomic mass is 9.96. The first kappa shape index (κ1) is 9.96. The first-order valence-corrected chi connectivity index (χ1v) is 4.62. The van der Waals surface area contributed by atoms with Gasteiger partial charge < -0.3 is 15.2 Å². The summed E-state index contributed by atoms with van der Waals surface area (Å²) < 4.78 is 5.31. The number of hydrogen-bond donors (Lipinski definition) is 2. The molecule has 0 aliphatic carbocycles. The normalized spacial score (nSPS) is 36.2. The highest BCUT2D eigenvalue weighted by atomic mass is 16.5. The van der Waals surface area contributed by atoms with Crippen LogP contribution in [0, 0.1) is 0 Å². The summed E-state index contributed by atoms with van der Waals surface area (Å²) in [6.07, 6.45) is 0.706. The molecular weight excluding hydrogens is 154 g/mol. The molecule has 3 nitrogen and oxygen atoms in total. The summed E-state index contributed by atoms with van der Waals surface area (Å²) in [5.74, 6) is 0. The van der Waals surface area contributed by atoms with Gasteiger partial charge in [0.2, 0.25) is 0 Å². The number of aliphatic hydroxyl groups is 1. The van der Waals surface area contributed by atoms with E-state index in [9.17, 15) is 5.11 Å². The average molecular weight is 173 g/mol. The van der Waals surface area contributed by atoms with Gasteiger partial charge in [0.25, 0.3) is 0 Å². The molecule has 2 N–H and O–H groups in total. The van der Waals surface area contributed by atoms with Crippen molar-refractivity contribution in [3.8, 4) is 0 Å². The van der Waals surface area contributed by atoms with Crippen molar-refractivity contribution < 1.29 is 9.84 Å². The Labute approximate surface area is 74.1 Å². The van der Waals surface area contributed by atoms with Crippen molar-refractivity contribution in [2.45, 2.75) is 44.9 Å². The lowest BCUT2D eigenvalue weighted by Gasteiger charge is -2.27. The van der Waals surface area contributed by atoms with Crippen LogP contribution in [-0.4, -0.2) is 36.0 Å². The highest BCUT2D eigenvalue weighted by molar-refractivity contribution is 4.91. The van der Waals surface area contributed by atoms with Gasteiger partial charge in [0.15, 0.2) is 0 Å². The van der Waals surface area contributed by atoms with E-state index in [1.807, 2.05) is 6.92 Å². The van der Waals surface area contributed by atoms with Crippen molar-refractivity contribution in [2.24, 2.45) is 0 Å². The highest BCUT2D eigenvalue weighted by Crippen LogP contribution is 2.24. The first-order chi connectivity index (χ1) is 5.54. The maximum atomic E-state index is 10.0. The van der Waals surface area contributed by atoms with Gasteiger partial charge in [-0.1, -0.05) is 13.8 Å². The van der Waals surface area contributed by atoms with E-state index in [4.69, 9.17) is 4.74 Å². The number of nitrogens with one attached hydrogen (secondary N) is 1. The van der Waals surface area contributed by atoms with Crippen LogP contribution in [0.2, 0.25) is 0 Å². The summed E-state index contributed by atoms with van der Waals surface area (Å²) in [4.78, 5) is 0. The zero-order chi connectivity index (χ0) is 9.19. The van der Waals surface area contributed by atoms with Crippen LogP contribution >= 0.6 is 0 Å². The lowest BCUT2D eigenvalue weighted by molar-refractivity contribution is -0.0271. The van der Waals surface area contributed by atoms with E-state index in [1.54, 1.807) is 0 Å². The molecule has 1 fully saturated rings. The largest absolute Gasteiger partial charge is 0.386 e. The van der Waals surface area contributed by atoms with Crippen LogP contribution < -0.4 is 5.32 Å². The Morgan fingerprint density at radius 3 is 2.75 bits per heavy atom. The summed E-state index contributed by atoms with van der Waals surface area (Å²) >= 11 is 0. The van der Waals surface area contributed by atoms with Crippen LogP contribution in [-0.2, 0) is 4.74 Å². The quantitative estimate of drug-likeness (QED) is 0.654. The first-order valence-electron chi connectivity index (χ1n) is 4.62. The molecule has 0 spiro atoms. The van der Waals surface area contributed by atoms with E-state index >= 15 is 0 Å². The predicted molar refractivity (Wildman–Crippen MR) is 48.1 cm³/mol. The van der Waals surface area contributed by atoms with Crippen molar-refractivity contribution in [1.82, 2.24) is 5.32 Å². The molecule has 0 saturated carbocycles. The van der Waals surface area contributed by atoms with Crippen molar-refractivity contribution in [3.63, 3.8) is 0 Å². The summed E-state index contributed by atoms with van der Waals surface area (Å²) in [5, 5.41) is 13.2. The van der Waals surface area contributed by atoms with Crippen LogP contribution in [0.3, 0.4) is 0 Å². The summed E-state index contributed by atoms with van der Waals surface area (Å²) in [5.41, 5.74) is -0.649. The minimum atomic E-state index is -0.649. The molecule has 0 aromatic heterocycles. The third-order valence-corrected chi connectivity index (χ3v) is 2.48. The molecular formula is C9H19NO2. The van der Waals surface area contributed by atoms with Gasteiger partial charge >= 0.3 is 0 Å².